The van der Waals surface area contributed by atoms with E-state index >= 15 is 0 Å². The maximum absolute atomic E-state index is 13.9. The topological polar surface area (TPSA) is 74.8 Å². The molecular weight excluding hydrogens is 488 g/mol. The van der Waals surface area contributed by atoms with Gasteiger partial charge in [0.15, 0.2) is 11.6 Å². The molecule has 4 aromatic heterocycles. The summed E-state index contributed by atoms with van der Waals surface area (Å²) < 4.78 is 35.8. The summed E-state index contributed by atoms with van der Waals surface area (Å²) in [4.78, 5) is 21.6. The minimum atomic E-state index is -0.847. The van der Waals surface area contributed by atoms with E-state index < -0.39 is 17.2 Å². The number of aromatic nitrogens is 5. The van der Waals surface area contributed by atoms with Gasteiger partial charge in [0.2, 0.25) is 0 Å². The van der Waals surface area contributed by atoms with Crippen molar-refractivity contribution in [3.05, 3.63) is 92.0 Å². The van der Waals surface area contributed by atoms with Crippen molar-refractivity contribution < 1.29 is 13.5 Å². The van der Waals surface area contributed by atoms with Crippen LogP contribution in [-0.4, -0.2) is 24.3 Å². The Bertz CT molecular complexity index is 1520. The Morgan fingerprint density at radius 2 is 1.81 bits per heavy atom. The number of rotatable bonds is 5. The average Bonchev–Trinajstić information content (AvgIpc) is 3.29. The van der Waals surface area contributed by atoms with E-state index in [2.05, 4.69) is 35.8 Å². The lowest BCUT2D eigenvalue weighted by Gasteiger charge is -2.19. The standard InChI is InChI=1S/C26H26ClF2N5O2/c1-14-11-31-24(33-8-7-21(32-33)26(4,5)6)16(3)23(14)34-15(2)9-20(22(27)25(34)35)36-13-19-18(29)10-17(28)12-30-19/h7-12H,13H2,1-6H3. The van der Waals surface area contributed by atoms with Crippen LogP contribution in [-0.2, 0) is 12.0 Å². The molecule has 0 N–H and O–H groups in total. The molecule has 0 spiro atoms. The van der Waals surface area contributed by atoms with Crippen LogP contribution in [0.3, 0.4) is 0 Å². The van der Waals surface area contributed by atoms with Gasteiger partial charge >= 0.3 is 0 Å². The zero-order chi connectivity index (χ0) is 26.4. The van der Waals surface area contributed by atoms with Crippen molar-refractivity contribution in [3.63, 3.8) is 0 Å². The van der Waals surface area contributed by atoms with Gasteiger partial charge in [-0.15, -0.1) is 0 Å². The number of nitrogens with zero attached hydrogens (tertiary/aromatic N) is 5. The van der Waals surface area contributed by atoms with Crippen LogP contribution in [0.15, 0.2) is 41.6 Å². The zero-order valence-electron chi connectivity index (χ0n) is 20.9. The SMILES string of the molecule is Cc1cnc(-n2ccc(C(C)(C)C)n2)c(C)c1-n1c(C)cc(OCc2ncc(F)cc2F)c(Cl)c1=O. The molecule has 36 heavy (non-hydrogen) atoms. The van der Waals surface area contributed by atoms with E-state index in [1.54, 1.807) is 23.9 Å². The van der Waals surface area contributed by atoms with Crippen molar-refractivity contribution in [2.24, 2.45) is 0 Å². The van der Waals surface area contributed by atoms with Crippen molar-refractivity contribution in [1.29, 1.82) is 0 Å². The first-order valence-corrected chi connectivity index (χ1v) is 11.6. The molecule has 0 aliphatic heterocycles. The molecule has 0 aliphatic carbocycles. The van der Waals surface area contributed by atoms with Crippen LogP contribution in [0.5, 0.6) is 5.75 Å². The fraction of sp³-hybridized carbons (Fsp3) is 0.308. The summed E-state index contributed by atoms with van der Waals surface area (Å²) in [6, 6.07) is 4.25. The molecule has 0 fully saturated rings. The van der Waals surface area contributed by atoms with E-state index in [4.69, 9.17) is 16.3 Å². The molecule has 0 aromatic carbocycles. The smallest absolute Gasteiger partial charge is 0.277 e. The molecule has 4 rings (SSSR count). The molecule has 0 unspecified atom stereocenters. The van der Waals surface area contributed by atoms with Crippen molar-refractivity contribution in [2.75, 3.05) is 0 Å². The lowest BCUT2D eigenvalue weighted by atomic mass is 9.93. The molecule has 0 saturated carbocycles. The third-order valence-electron chi connectivity index (χ3n) is 5.79. The highest BCUT2D eigenvalue weighted by Gasteiger charge is 2.22. The summed E-state index contributed by atoms with van der Waals surface area (Å²) in [6.07, 6.45) is 4.42. The molecule has 188 valence electrons. The third-order valence-corrected chi connectivity index (χ3v) is 6.14. The fourth-order valence-electron chi connectivity index (χ4n) is 3.89. The van der Waals surface area contributed by atoms with Gasteiger partial charge in [0, 0.05) is 41.2 Å². The number of aryl methyl sites for hydroxylation is 2. The van der Waals surface area contributed by atoms with Gasteiger partial charge in [-0.3, -0.25) is 14.3 Å². The van der Waals surface area contributed by atoms with Crippen molar-refractivity contribution >= 4 is 11.6 Å². The Morgan fingerprint density at radius 1 is 1.08 bits per heavy atom. The molecule has 0 atom stereocenters. The highest BCUT2D eigenvalue weighted by atomic mass is 35.5. The van der Waals surface area contributed by atoms with E-state index in [9.17, 15) is 13.6 Å². The summed E-state index contributed by atoms with van der Waals surface area (Å²) >= 11 is 6.40. The highest BCUT2D eigenvalue weighted by Crippen LogP contribution is 2.29. The van der Waals surface area contributed by atoms with Gasteiger partial charge in [-0.1, -0.05) is 32.4 Å². The number of ether oxygens (including phenoxy) is 1. The molecule has 0 bridgehead atoms. The highest BCUT2D eigenvalue weighted by molar-refractivity contribution is 6.31. The monoisotopic (exact) mass is 513 g/mol. The first-order chi connectivity index (χ1) is 16.9. The average molecular weight is 514 g/mol. The van der Waals surface area contributed by atoms with Crippen LogP contribution >= 0.6 is 11.6 Å². The molecular formula is C26H26ClF2N5O2. The predicted octanol–water partition coefficient (Wildman–Crippen LogP) is 5.55. The lowest BCUT2D eigenvalue weighted by molar-refractivity contribution is 0.292. The number of hydrogen-bond donors (Lipinski definition) is 0. The summed E-state index contributed by atoms with van der Waals surface area (Å²) in [5.41, 5.74) is 2.87. The first-order valence-electron chi connectivity index (χ1n) is 11.3. The second kappa shape index (κ2) is 9.46. The van der Waals surface area contributed by atoms with Crippen molar-refractivity contribution in [3.8, 4) is 17.3 Å². The van der Waals surface area contributed by atoms with Crippen LogP contribution in [0.2, 0.25) is 5.02 Å². The minimum absolute atomic E-state index is 0.0763. The molecule has 10 heteroatoms. The summed E-state index contributed by atoms with van der Waals surface area (Å²) in [7, 11) is 0. The summed E-state index contributed by atoms with van der Waals surface area (Å²) in [6.45, 7) is 11.4. The molecule has 0 aliphatic rings. The zero-order valence-corrected chi connectivity index (χ0v) is 21.6. The van der Waals surface area contributed by atoms with Gasteiger partial charge in [-0.25, -0.2) is 18.4 Å². The van der Waals surface area contributed by atoms with Gasteiger partial charge in [-0.2, -0.15) is 5.10 Å². The molecule has 4 aromatic rings. The van der Waals surface area contributed by atoms with Crippen LogP contribution in [0.1, 0.15) is 49.0 Å². The van der Waals surface area contributed by atoms with Gasteiger partial charge in [0.1, 0.15) is 28.9 Å². The fourth-order valence-corrected chi connectivity index (χ4v) is 4.09. The largest absolute Gasteiger partial charge is 0.485 e. The second-order valence-electron chi connectivity index (χ2n) is 9.61. The Kier molecular flexibility index (Phi) is 6.70. The third kappa shape index (κ3) is 4.75. The molecule has 7 nitrogen and oxygen atoms in total. The predicted molar refractivity (Wildman–Crippen MR) is 133 cm³/mol. The number of pyridine rings is 3. The molecule has 0 amide bonds. The van der Waals surface area contributed by atoms with Gasteiger partial charge in [-0.05, 0) is 32.4 Å². The van der Waals surface area contributed by atoms with E-state index in [-0.39, 0.29) is 28.5 Å². The Hall–Kier alpha value is -3.59. The molecule has 0 radical (unpaired) electrons. The number of halogens is 3. The quantitative estimate of drug-likeness (QED) is 0.350. The normalized spacial score (nSPS) is 11.7. The van der Waals surface area contributed by atoms with Crippen LogP contribution in [0.25, 0.3) is 11.5 Å². The van der Waals surface area contributed by atoms with Crippen molar-refractivity contribution in [1.82, 2.24) is 24.3 Å². The van der Waals surface area contributed by atoms with Crippen LogP contribution in [0, 0.1) is 32.4 Å². The summed E-state index contributed by atoms with van der Waals surface area (Å²) in [5, 5.41) is 4.51. The van der Waals surface area contributed by atoms with E-state index in [0.717, 1.165) is 23.0 Å². The number of hydrogen-bond acceptors (Lipinski definition) is 5. The Morgan fingerprint density at radius 3 is 2.44 bits per heavy atom. The van der Waals surface area contributed by atoms with Gasteiger partial charge < -0.3 is 4.74 Å². The minimum Gasteiger partial charge on any atom is -0.485 e. The Balaban J connectivity index is 1.75. The molecule has 0 saturated heterocycles. The van der Waals surface area contributed by atoms with Gasteiger partial charge in [0.05, 0.1) is 17.6 Å². The lowest BCUT2D eigenvalue weighted by Crippen LogP contribution is -2.24. The molecule has 4 heterocycles. The van der Waals surface area contributed by atoms with Crippen LogP contribution in [0.4, 0.5) is 8.78 Å². The maximum atomic E-state index is 13.9. The van der Waals surface area contributed by atoms with E-state index in [1.807, 2.05) is 26.1 Å². The van der Waals surface area contributed by atoms with E-state index in [0.29, 0.717) is 23.3 Å². The first kappa shape index (κ1) is 25.5. The Labute approximate surface area is 212 Å². The van der Waals surface area contributed by atoms with Crippen molar-refractivity contribution in [2.45, 2.75) is 53.6 Å². The van der Waals surface area contributed by atoms with Crippen LogP contribution < -0.4 is 10.3 Å². The summed E-state index contributed by atoms with van der Waals surface area (Å²) in [5.74, 6) is -0.973. The maximum Gasteiger partial charge on any atom is 0.277 e. The van der Waals surface area contributed by atoms with E-state index in [1.165, 1.54) is 4.57 Å². The second-order valence-corrected chi connectivity index (χ2v) is 9.99. The van der Waals surface area contributed by atoms with Gasteiger partial charge in [0.25, 0.3) is 5.56 Å².